The Morgan fingerprint density at radius 2 is 1.83 bits per heavy atom. The number of rotatable bonds is 7. The standard InChI is InChI=1S/C27H27N3O4S/c1-6-24-28-22(17-35-24)25(31)30(19-14-20(33-4)16-21(15-19)34-5)23-12-13-29(26(23)32)27(2,3)18-10-8-7-9-11-18/h1,7-11,14-17,23H,12-13H2,2-5H3. The first kappa shape index (κ1) is 24.3. The van der Waals surface area contributed by atoms with Gasteiger partial charge in [0.25, 0.3) is 5.91 Å². The van der Waals surface area contributed by atoms with E-state index in [0.29, 0.717) is 35.2 Å². The number of benzene rings is 2. The summed E-state index contributed by atoms with van der Waals surface area (Å²) in [6.07, 6.45) is 5.94. The van der Waals surface area contributed by atoms with Crippen LogP contribution in [0.4, 0.5) is 5.69 Å². The Hall–Kier alpha value is -3.83. The first-order chi connectivity index (χ1) is 16.8. The van der Waals surface area contributed by atoms with Gasteiger partial charge in [0.05, 0.1) is 25.4 Å². The minimum absolute atomic E-state index is 0.138. The van der Waals surface area contributed by atoms with Gasteiger partial charge >= 0.3 is 0 Å². The Bertz CT molecular complexity index is 1260. The topological polar surface area (TPSA) is 72.0 Å². The number of hydrogen-bond donors (Lipinski definition) is 0. The van der Waals surface area contributed by atoms with Crippen molar-refractivity contribution in [1.29, 1.82) is 0 Å². The first-order valence-electron chi connectivity index (χ1n) is 11.2. The van der Waals surface area contributed by atoms with Gasteiger partial charge in [0.15, 0.2) is 5.01 Å². The minimum Gasteiger partial charge on any atom is -0.497 e. The second-order valence-electron chi connectivity index (χ2n) is 8.65. The summed E-state index contributed by atoms with van der Waals surface area (Å²) in [4.78, 5) is 35.2. The van der Waals surface area contributed by atoms with Crippen molar-refractivity contribution in [2.75, 3.05) is 25.7 Å². The zero-order valence-corrected chi connectivity index (χ0v) is 21.0. The van der Waals surface area contributed by atoms with Crippen molar-refractivity contribution in [1.82, 2.24) is 9.88 Å². The van der Waals surface area contributed by atoms with Crippen molar-refractivity contribution in [3.8, 4) is 23.8 Å². The fraction of sp³-hybridized carbons (Fsp3) is 0.296. The molecular weight excluding hydrogens is 462 g/mol. The molecule has 0 bridgehead atoms. The van der Waals surface area contributed by atoms with Crippen LogP contribution in [-0.2, 0) is 10.3 Å². The summed E-state index contributed by atoms with van der Waals surface area (Å²) >= 11 is 1.21. The van der Waals surface area contributed by atoms with Gasteiger partial charge in [-0.3, -0.25) is 14.5 Å². The number of ether oxygens (including phenoxy) is 2. The number of nitrogens with zero attached hydrogens (tertiary/aromatic N) is 3. The molecule has 180 valence electrons. The molecule has 0 spiro atoms. The molecule has 1 aliphatic rings. The van der Waals surface area contributed by atoms with E-state index >= 15 is 0 Å². The maximum atomic E-state index is 13.9. The number of aromatic nitrogens is 1. The van der Waals surface area contributed by atoms with Crippen LogP contribution < -0.4 is 14.4 Å². The quantitative estimate of drug-likeness (QED) is 0.462. The van der Waals surface area contributed by atoms with E-state index in [0.717, 1.165) is 5.56 Å². The number of hydrogen-bond acceptors (Lipinski definition) is 6. The van der Waals surface area contributed by atoms with Crippen LogP contribution >= 0.6 is 11.3 Å². The molecule has 2 heterocycles. The lowest BCUT2D eigenvalue weighted by Crippen LogP contribution is -2.49. The summed E-state index contributed by atoms with van der Waals surface area (Å²) in [6, 6.07) is 14.3. The van der Waals surface area contributed by atoms with Gasteiger partial charge in [-0.15, -0.1) is 17.8 Å². The van der Waals surface area contributed by atoms with Crippen LogP contribution in [0.2, 0.25) is 0 Å². The maximum Gasteiger partial charge on any atom is 0.278 e. The number of methoxy groups -OCH3 is 2. The normalized spacial score (nSPS) is 15.6. The third kappa shape index (κ3) is 4.60. The third-order valence-corrected chi connectivity index (χ3v) is 7.10. The fourth-order valence-electron chi connectivity index (χ4n) is 4.39. The van der Waals surface area contributed by atoms with E-state index in [-0.39, 0.29) is 11.6 Å². The molecule has 0 N–H and O–H groups in total. The average Bonchev–Trinajstić information content (AvgIpc) is 3.52. The molecule has 1 saturated heterocycles. The molecule has 1 atom stereocenters. The van der Waals surface area contributed by atoms with Gasteiger partial charge in [0.1, 0.15) is 23.2 Å². The molecule has 2 amide bonds. The molecule has 2 aromatic carbocycles. The van der Waals surface area contributed by atoms with E-state index in [4.69, 9.17) is 15.9 Å². The summed E-state index contributed by atoms with van der Waals surface area (Å²) in [5.74, 6) is 2.93. The number of likely N-dealkylation sites (tertiary alicyclic amines) is 1. The monoisotopic (exact) mass is 489 g/mol. The molecule has 1 aliphatic heterocycles. The van der Waals surface area contributed by atoms with Crippen molar-refractivity contribution < 1.29 is 19.1 Å². The number of anilines is 1. The largest absolute Gasteiger partial charge is 0.497 e. The predicted molar refractivity (Wildman–Crippen MR) is 136 cm³/mol. The number of carbonyl (C=O) groups excluding carboxylic acids is 2. The van der Waals surface area contributed by atoms with E-state index in [1.165, 1.54) is 30.5 Å². The fourth-order valence-corrected chi connectivity index (χ4v) is 4.99. The summed E-state index contributed by atoms with van der Waals surface area (Å²) in [5, 5.41) is 2.02. The molecule has 0 radical (unpaired) electrons. The van der Waals surface area contributed by atoms with Crippen molar-refractivity contribution >= 4 is 28.8 Å². The average molecular weight is 490 g/mol. The predicted octanol–water partition coefficient (Wildman–Crippen LogP) is 4.32. The molecule has 1 unspecified atom stereocenters. The highest BCUT2D eigenvalue weighted by molar-refractivity contribution is 7.10. The second kappa shape index (κ2) is 9.80. The van der Waals surface area contributed by atoms with Crippen LogP contribution in [0.1, 0.15) is 41.3 Å². The molecule has 8 heteroatoms. The summed E-state index contributed by atoms with van der Waals surface area (Å²) in [5.41, 5.74) is 1.15. The molecule has 0 aliphatic carbocycles. The summed E-state index contributed by atoms with van der Waals surface area (Å²) in [7, 11) is 3.07. The second-order valence-corrected chi connectivity index (χ2v) is 9.51. The lowest BCUT2D eigenvalue weighted by atomic mass is 9.92. The zero-order chi connectivity index (χ0) is 25.2. The molecule has 1 fully saturated rings. The van der Waals surface area contributed by atoms with Crippen LogP contribution in [0.15, 0.2) is 53.9 Å². The Kier molecular flexibility index (Phi) is 6.81. The highest BCUT2D eigenvalue weighted by atomic mass is 32.1. The summed E-state index contributed by atoms with van der Waals surface area (Å²) in [6.45, 7) is 4.54. The van der Waals surface area contributed by atoms with Crippen LogP contribution in [0.3, 0.4) is 0 Å². The SMILES string of the molecule is C#Cc1nc(C(=O)N(c2cc(OC)cc(OC)c2)C2CCN(C(C)(C)c3ccccc3)C2=O)cs1. The van der Waals surface area contributed by atoms with E-state index in [9.17, 15) is 9.59 Å². The zero-order valence-electron chi connectivity index (χ0n) is 20.1. The van der Waals surface area contributed by atoms with Crippen molar-refractivity contribution in [3.05, 3.63) is 70.2 Å². The van der Waals surface area contributed by atoms with Gasteiger partial charge in [0.2, 0.25) is 5.91 Å². The molecule has 1 aromatic heterocycles. The highest BCUT2D eigenvalue weighted by Crippen LogP contribution is 2.37. The minimum atomic E-state index is -0.724. The number of terminal acetylenes is 1. The van der Waals surface area contributed by atoms with Crippen molar-refractivity contribution in [3.63, 3.8) is 0 Å². The molecule has 35 heavy (non-hydrogen) atoms. The van der Waals surface area contributed by atoms with Gasteiger partial charge in [-0.1, -0.05) is 30.3 Å². The van der Waals surface area contributed by atoms with Gasteiger partial charge in [0, 0.05) is 30.1 Å². The van der Waals surface area contributed by atoms with E-state index < -0.39 is 17.5 Å². The molecule has 7 nitrogen and oxygen atoms in total. The Morgan fingerprint density at radius 1 is 1.17 bits per heavy atom. The van der Waals surface area contributed by atoms with Crippen LogP contribution in [-0.4, -0.2) is 48.5 Å². The first-order valence-corrected chi connectivity index (χ1v) is 12.0. The smallest absolute Gasteiger partial charge is 0.278 e. The van der Waals surface area contributed by atoms with E-state index in [1.807, 2.05) is 49.1 Å². The van der Waals surface area contributed by atoms with Gasteiger partial charge in [-0.2, -0.15) is 0 Å². The van der Waals surface area contributed by atoms with E-state index in [2.05, 4.69) is 10.9 Å². The lowest BCUT2D eigenvalue weighted by molar-refractivity contribution is -0.133. The lowest BCUT2D eigenvalue weighted by Gasteiger charge is -2.37. The molecule has 4 rings (SSSR count). The number of thiazole rings is 1. The van der Waals surface area contributed by atoms with Crippen LogP contribution in [0, 0.1) is 12.3 Å². The van der Waals surface area contributed by atoms with Crippen molar-refractivity contribution in [2.45, 2.75) is 31.8 Å². The van der Waals surface area contributed by atoms with Crippen LogP contribution in [0.25, 0.3) is 0 Å². The van der Waals surface area contributed by atoms with E-state index in [1.54, 1.807) is 23.6 Å². The molecule has 0 saturated carbocycles. The van der Waals surface area contributed by atoms with Gasteiger partial charge in [-0.25, -0.2) is 4.98 Å². The molecular formula is C27H27N3O4S. The van der Waals surface area contributed by atoms with Gasteiger partial charge < -0.3 is 14.4 Å². The Morgan fingerprint density at radius 3 is 2.40 bits per heavy atom. The van der Waals surface area contributed by atoms with Gasteiger partial charge in [-0.05, 0) is 31.8 Å². The Balaban J connectivity index is 1.76. The Labute approximate surface area is 209 Å². The number of amides is 2. The highest BCUT2D eigenvalue weighted by Gasteiger charge is 2.45. The van der Waals surface area contributed by atoms with Crippen LogP contribution in [0.5, 0.6) is 11.5 Å². The maximum absolute atomic E-state index is 13.9. The summed E-state index contributed by atoms with van der Waals surface area (Å²) < 4.78 is 10.8. The third-order valence-electron chi connectivity index (χ3n) is 6.32. The molecule has 3 aromatic rings. The van der Waals surface area contributed by atoms with Crippen molar-refractivity contribution in [2.24, 2.45) is 0 Å². The number of carbonyl (C=O) groups is 2.